The summed E-state index contributed by atoms with van der Waals surface area (Å²) in [7, 11) is 0. The topological polar surface area (TPSA) is 191 Å². The molecule has 2 amide bonds. The van der Waals surface area contributed by atoms with Gasteiger partial charge in [-0.3, -0.25) is 29.0 Å². The van der Waals surface area contributed by atoms with Crippen LogP contribution < -0.4 is 22.5 Å². The average molecular weight is 677 g/mol. The standard InChI is InChI=1S/C38H56N6O5/c1-4-25(2)31(26(3)45)24-34(46)32(17-10-20-42-38(40)41)43-37(49)29(13-7-8-19-39)22-35(47)33-18-11-21-44(33)36(48)23-28-15-9-14-27-12-5-6-16-30(27)28/h5-6,9,12,14-16,25,29,31-33H,4,7-8,10-11,13,17-24,39H2,1-3H3,(H,43,49)(H4,40,41,42)/t25-,29+,31-,32-,33-/m0/s1. The first-order valence-electron chi connectivity index (χ1n) is 17.8. The lowest BCUT2D eigenvalue weighted by atomic mass is 9.83. The monoisotopic (exact) mass is 676 g/mol. The molecule has 5 atom stereocenters. The summed E-state index contributed by atoms with van der Waals surface area (Å²) in [4.78, 5) is 73.1. The zero-order chi connectivity index (χ0) is 35.9. The molecule has 1 aliphatic rings. The van der Waals surface area contributed by atoms with Crippen molar-refractivity contribution in [3.05, 3.63) is 48.0 Å². The lowest BCUT2D eigenvalue weighted by Crippen LogP contribution is -2.46. The largest absolute Gasteiger partial charge is 0.370 e. The summed E-state index contributed by atoms with van der Waals surface area (Å²) in [6.45, 7) is 6.65. The van der Waals surface area contributed by atoms with Crippen molar-refractivity contribution in [3.8, 4) is 0 Å². The number of nitrogens with zero attached hydrogens (tertiary/aromatic N) is 2. The second-order valence-corrected chi connectivity index (χ2v) is 13.5. The number of ketones is 3. The number of unbranched alkanes of at least 4 members (excludes halogenated alkanes) is 1. The van der Waals surface area contributed by atoms with E-state index in [0.29, 0.717) is 51.6 Å². The van der Waals surface area contributed by atoms with Crippen LogP contribution in [0, 0.1) is 17.8 Å². The number of hydrogen-bond acceptors (Lipinski definition) is 7. The van der Waals surface area contributed by atoms with Gasteiger partial charge >= 0.3 is 0 Å². The first-order chi connectivity index (χ1) is 23.5. The molecule has 0 spiro atoms. The highest BCUT2D eigenvalue weighted by atomic mass is 16.2. The van der Waals surface area contributed by atoms with E-state index in [2.05, 4.69) is 10.3 Å². The molecule has 1 saturated heterocycles. The Labute approximate surface area is 290 Å². The summed E-state index contributed by atoms with van der Waals surface area (Å²) in [5.41, 5.74) is 17.6. The Balaban J connectivity index is 1.76. The van der Waals surface area contributed by atoms with Crippen LogP contribution in [0.4, 0.5) is 0 Å². The van der Waals surface area contributed by atoms with Crippen LogP contribution in [-0.2, 0) is 30.4 Å². The predicted molar refractivity (Wildman–Crippen MR) is 193 cm³/mol. The van der Waals surface area contributed by atoms with Gasteiger partial charge < -0.3 is 27.4 Å². The van der Waals surface area contributed by atoms with Crippen LogP contribution in [-0.4, -0.2) is 71.7 Å². The van der Waals surface area contributed by atoms with Crippen LogP contribution in [0.15, 0.2) is 47.5 Å². The van der Waals surface area contributed by atoms with Crippen LogP contribution in [0.5, 0.6) is 0 Å². The van der Waals surface area contributed by atoms with E-state index >= 15 is 0 Å². The summed E-state index contributed by atoms with van der Waals surface area (Å²) < 4.78 is 0. The van der Waals surface area contributed by atoms with Crippen molar-refractivity contribution in [2.45, 2.75) is 103 Å². The molecule has 1 fully saturated rings. The van der Waals surface area contributed by atoms with Gasteiger partial charge in [0.25, 0.3) is 0 Å². The highest BCUT2D eigenvalue weighted by Gasteiger charge is 2.37. The van der Waals surface area contributed by atoms with Gasteiger partial charge in [0.2, 0.25) is 11.8 Å². The number of carbonyl (C=O) groups excluding carboxylic acids is 5. The maximum atomic E-state index is 13.9. The minimum atomic E-state index is -0.857. The van der Waals surface area contributed by atoms with Gasteiger partial charge in [-0.2, -0.15) is 0 Å². The lowest BCUT2D eigenvalue weighted by Gasteiger charge is -2.27. The lowest BCUT2D eigenvalue weighted by molar-refractivity contribution is -0.139. The number of hydrogen-bond donors (Lipinski definition) is 4. The van der Waals surface area contributed by atoms with E-state index in [1.165, 1.54) is 6.92 Å². The summed E-state index contributed by atoms with van der Waals surface area (Å²) in [5, 5.41) is 5.00. The number of amides is 2. The van der Waals surface area contributed by atoms with Crippen LogP contribution in [0.3, 0.4) is 0 Å². The molecule has 3 rings (SSSR count). The van der Waals surface area contributed by atoms with Crippen molar-refractivity contribution in [2.24, 2.45) is 39.9 Å². The molecule has 7 N–H and O–H groups in total. The number of likely N-dealkylation sites (tertiary alicyclic amines) is 1. The van der Waals surface area contributed by atoms with E-state index < -0.39 is 23.9 Å². The zero-order valence-corrected chi connectivity index (χ0v) is 29.5. The zero-order valence-electron chi connectivity index (χ0n) is 29.5. The van der Waals surface area contributed by atoms with Gasteiger partial charge in [-0.05, 0) is 74.2 Å². The molecule has 11 nitrogen and oxygen atoms in total. The number of nitrogens with one attached hydrogen (secondary N) is 1. The molecule has 2 aromatic rings. The minimum Gasteiger partial charge on any atom is -0.370 e. The summed E-state index contributed by atoms with van der Waals surface area (Å²) in [5.74, 6) is -2.13. The number of carbonyl (C=O) groups is 5. The molecule has 0 unspecified atom stereocenters. The highest BCUT2D eigenvalue weighted by Crippen LogP contribution is 2.27. The summed E-state index contributed by atoms with van der Waals surface area (Å²) in [6.07, 6.45) is 4.63. The Hall–Kier alpha value is -4.12. The number of Topliss-reactive ketones (excluding diaryl/α,β-unsaturated/α-hetero) is 3. The fourth-order valence-corrected chi connectivity index (χ4v) is 6.85. The second-order valence-electron chi connectivity index (χ2n) is 13.5. The average Bonchev–Trinajstić information content (AvgIpc) is 3.58. The van der Waals surface area contributed by atoms with Gasteiger partial charge in [-0.25, -0.2) is 0 Å². The fourth-order valence-electron chi connectivity index (χ4n) is 6.85. The number of guanidine groups is 1. The third-order valence-electron chi connectivity index (χ3n) is 9.92. The maximum absolute atomic E-state index is 13.9. The molecule has 0 saturated carbocycles. The third kappa shape index (κ3) is 11.8. The van der Waals surface area contributed by atoms with Gasteiger partial charge in [0.15, 0.2) is 17.5 Å². The van der Waals surface area contributed by atoms with Gasteiger partial charge in [-0.15, -0.1) is 0 Å². The Bertz CT molecular complexity index is 1470. The Kier molecular flexibility index (Phi) is 15.9. The van der Waals surface area contributed by atoms with E-state index in [0.717, 1.165) is 22.8 Å². The van der Waals surface area contributed by atoms with Gasteiger partial charge in [0, 0.05) is 37.8 Å². The highest BCUT2D eigenvalue weighted by molar-refractivity contribution is 5.96. The Morgan fingerprint density at radius 1 is 0.980 bits per heavy atom. The summed E-state index contributed by atoms with van der Waals surface area (Å²) in [6, 6.07) is 12.4. The molecule has 2 aromatic carbocycles. The van der Waals surface area contributed by atoms with Crippen molar-refractivity contribution in [1.82, 2.24) is 10.2 Å². The molecule has 49 heavy (non-hydrogen) atoms. The quantitative estimate of drug-likeness (QED) is 0.0871. The normalized spacial score (nSPS) is 16.8. The van der Waals surface area contributed by atoms with E-state index in [1.54, 1.807) is 4.90 Å². The van der Waals surface area contributed by atoms with Crippen LogP contribution >= 0.6 is 0 Å². The van der Waals surface area contributed by atoms with E-state index in [-0.39, 0.29) is 73.3 Å². The number of aliphatic imine (C=N–C) groups is 1. The molecule has 11 heteroatoms. The number of fused-ring (bicyclic) bond motifs is 1. The molecule has 0 radical (unpaired) electrons. The number of benzene rings is 2. The smallest absolute Gasteiger partial charge is 0.227 e. The Morgan fingerprint density at radius 3 is 2.41 bits per heavy atom. The van der Waals surface area contributed by atoms with Crippen molar-refractivity contribution < 1.29 is 24.0 Å². The molecular formula is C38H56N6O5. The molecule has 0 bridgehead atoms. The van der Waals surface area contributed by atoms with Gasteiger partial charge in [0.05, 0.1) is 18.5 Å². The van der Waals surface area contributed by atoms with Crippen molar-refractivity contribution in [2.75, 3.05) is 19.6 Å². The maximum Gasteiger partial charge on any atom is 0.227 e. The van der Waals surface area contributed by atoms with Crippen molar-refractivity contribution in [3.63, 3.8) is 0 Å². The van der Waals surface area contributed by atoms with E-state index in [1.807, 2.05) is 56.3 Å². The predicted octanol–water partition coefficient (Wildman–Crippen LogP) is 3.83. The van der Waals surface area contributed by atoms with E-state index in [9.17, 15) is 24.0 Å². The molecule has 268 valence electrons. The molecule has 1 aliphatic heterocycles. The van der Waals surface area contributed by atoms with Crippen LogP contribution in [0.25, 0.3) is 10.8 Å². The first kappa shape index (κ1) is 39.3. The summed E-state index contributed by atoms with van der Waals surface area (Å²) >= 11 is 0. The van der Waals surface area contributed by atoms with Gasteiger partial charge in [0.1, 0.15) is 5.78 Å². The number of rotatable bonds is 21. The van der Waals surface area contributed by atoms with Crippen molar-refractivity contribution in [1.29, 1.82) is 0 Å². The Morgan fingerprint density at radius 2 is 1.71 bits per heavy atom. The minimum absolute atomic E-state index is 0.0127. The SMILES string of the molecule is CC[C@H](C)[C@H](CC(=O)[C@H](CCCN=C(N)N)NC(=O)[C@H](CCCCN)CC(=O)[C@@H]1CCCN1C(=O)Cc1cccc2ccccc12)C(C)=O. The van der Waals surface area contributed by atoms with E-state index in [4.69, 9.17) is 17.2 Å². The molecule has 0 aliphatic carbocycles. The first-order valence-corrected chi connectivity index (χ1v) is 17.8. The fraction of sp³-hybridized carbons (Fsp3) is 0.579. The molecular weight excluding hydrogens is 620 g/mol. The number of nitrogens with two attached hydrogens (primary N) is 3. The van der Waals surface area contributed by atoms with Crippen LogP contribution in [0.1, 0.15) is 90.5 Å². The van der Waals surface area contributed by atoms with Gasteiger partial charge in [-0.1, -0.05) is 69.2 Å². The third-order valence-corrected chi connectivity index (χ3v) is 9.92. The molecule has 1 heterocycles. The van der Waals surface area contributed by atoms with Crippen molar-refractivity contribution >= 4 is 45.9 Å². The van der Waals surface area contributed by atoms with Crippen LogP contribution in [0.2, 0.25) is 0 Å². The second kappa shape index (κ2) is 19.8. The molecule has 0 aromatic heterocycles.